The fourth-order valence-electron chi connectivity index (χ4n) is 3.69. The number of fused-ring (bicyclic) bond motifs is 1. The van der Waals surface area contributed by atoms with E-state index in [1.54, 1.807) is 5.38 Å². The number of thiazole rings is 1. The third kappa shape index (κ3) is 6.80. The lowest BCUT2D eigenvalue weighted by molar-refractivity contribution is -0.137. The number of amides is 1. The van der Waals surface area contributed by atoms with E-state index >= 15 is 0 Å². The van der Waals surface area contributed by atoms with Crippen LogP contribution in [0.15, 0.2) is 65.1 Å². The molecule has 1 aromatic heterocycles. The second-order valence-electron chi connectivity index (χ2n) is 8.04. The molecule has 0 saturated carbocycles. The molecule has 0 aliphatic heterocycles. The number of alkyl halides is 3. The number of ether oxygens (including phenoxy) is 2. The maximum absolute atomic E-state index is 12.9. The van der Waals surface area contributed by atoms with Crippen LogP contribution in [0.4, 0.5) is 24.0 Å². The predicted octanol–water partition coefficient (Wildman–Crippen LogP) is 6.55. The van der Waals surface area contributed by atoms with Crippen LogP contribution in [0.25, 0.3) is 10.8 Å². The maximum Gasteiger partial charge on any atom is 0.416 e. The quantitative estimate of drug-likeness (QED) is 0.175. The Kier molecular flexibility index (Phi) is 8.47. The minimum absolute atomic E-state index is 0.0551. The molecule has 0 spiro atoms. The number of carbonyl (C=O) groups excluding carboxylic acids is 1. The first-order valence-corrected chi connectivity index (χ1v) is 12.7. The molecular weight excluding hydrogens is 517 g/mol. The van der Waals surface area contributed by atoms with E-state index in [0.717, 1.165) is 22.9 Å². The third-order valence-electron chi connectivity index (χ3n) is 5.32. The van der Waals surface area contributed by atoms with Gasteiger partial charge in [-0.05, 0) is 61.0 Å². The molecule has 0 fully saturated rings. The summed E-state index contributed by atoms with van der Waals surface area (Å²) in [6, 6.07) is 14.4. The van der Waals surface area contributed by atoms with E-state index in [2.05, 4.69) is 20.8 Å². The van der Waals surface area contributed by atoms with Crippen LogP contribution < -0.4 is 20.2 Å². The lowest BCUT2D eigenvalue weighted by atomic mass is 10.0. The van der Waals surface area contributed by atoms with Crippen molar-refractivity contribution in [2.45, 2.75) is 26.4 Å². The van der Waals surface area contributed by atoms with Crippen molar-refractivity contribution in [1.82, 2.24) is 10.4 Å². The summed E-state index contributed by atoms with van der Waals surface area (Å²) in [6.45, 7) is 4.79. The van der Waals surface area contributed by atoms with Gasteiger partial charge in [0, 0.05) is 16.6 Å². The van der Waals surface area contributed by atoms with E-state index in [4.69, 9.17) is 9.47 Å². The van der Waals surface area contributed by atoms with E-state index in [1.807, 2.05) is 44.2 Å². The zero-order chi connectivity index (χ0) is 27.1. The highest BCUT2D eigenvalue weighted by Gasteiger charge is 2.30. The maximum atomic E-state index is 12.9. The molecule has 198 valence electrons. The third-order valence-corrected chi connectivity index (χ3v) is 6.13. The summed E-state index contributed by atoms with van der Waals surface area (Å²) in [5, 5.41) is 10.8. The molecule has 4 aromatic rings. The molecule has 0 bridgehead atoms. The highest BCUT2D eigenvalue weighted by atomic mass is 32.1. The number of benzene rings is 3. The van der Waals surface area contributed by atoms with Crippen LogP contribution in [0.2, 0.25) is 0 Å². The van der Waals surface area contributed by atoms with E-state index < -0.39 is 17.6 Å². The minimum Gasteiger partial charge on any atom is -0.494 e. The van der Waals surface area contributed by atoms with Crippen molar-refractivity contribution in [1.29, 1.82) is 0 Å². The zero-order valence-electron chi connectivity index (χ0n) is 20.6. The Hall–Kier alpha value is -4.12. The Labute approximate surface area is 221 Å². The average molecular weight is 543 g/mol. The molecule has 11 heteroatoms. The number of anilines is 2. The van der Waals surface area contributed by atoms with E-state index in [-0.39, 0.29) is 12.1 Å². The highest BCUT2D eigenvalue weighted by Crippen LogP contribution is 2.32. The molecule has 0 radical (unpaired) electrons. The molecule has 3 aromatic carbocycles. The summed E-state index contributed by atoms with van der Waals surface area (Å²) < 4.78 is 50.2. The lowest BCUT2D eigenvalue weighted by Crippen LogP contribution is -2.20. The number of rotatable bonds is 10. The fourth-order valence-corrected chi connectivity index (χ4v) is 4.42. The van der Waals surface area contributed by atoms with Crippen molar-refractivity contribution >= 4 is 45.0 Å². The second-order valence-corrected chi connectivity index (χ2v) is 8.90. The first-order valence-electron chi connectivity index (χ1n) is 11.8. The van der Waals surface area contributed by atoms with Crippen LogP contribution in [-0.2, 0) is 17.4 Å². The van der Waals surface area contributed by atoms with Gasteiger partial charge in [0.05, 0.1) is 37.1 Å². The summed E-state index contributed by atoms with van der Waals surface area (Å²) in [6.07, 6.45) is -2.96. The topological polar surface area (TPSA) is 84.8 Å². The molecule has 1 heterocycles. The van der Waals surface area contributed by atoms with Gasteiger partial charge in [0.15, 0.2) is 5.13 Å². The Balaban J connectivity index is 1.43. The molecule has 4 rings (SSSR count). The van der Waals surface area contributed by atoms with Crippen LogP contribution in [0.5, 0.6) is 11.5 Å². The molecule has 1 amide bonds. The minimum atomic E-state index is -4.44. The summed E-state index contributed by atoms with van der Waals surface area (Å²) in [4.78, 5) is 16.8. The average Bonchev–Trinajstić information content (AvgIpc) is 3.31. The van der Waals surface area contributed by atoms with Crippen molar-refractivity contribution in [3.8, 4) is 11.5 Å². The molecule has 0 unspecified atom stereocenters. The SMILES string of the molecule is CCOc1ccc2ccc(OCC)c(/C=N/NC(=O)Cc3csc(Nc4cccc(C(F)(F)F)c4)n3)c2c1. The van der Waals surface area contributed by atoms with Gasteiger partial charge in [-0.1, -0.05) is 18.2 Å². The molecule has 0 aliphatic carbocycles. The first kappa shape index (κ1) is 26.9. The summed E-state index contributed by atoms with van der Waals surface area (Å²) in [5.41, 5.74) is 3.15. The number of nitrogens with one attached hydrogen (secondary N) is 2. The smallest absolute Gasteiger partial charge is 0.416 e. The van der Waals surface area contributed by atoms with Crippen LogP contribution in [-0.4, -0.2) is 30.3 Å². The Morgan fingerprint density at radius 3 is 2.63 bits per heavy atom. The van der Waals surface area contributed by atoms with Crippen molar-refractivity contribution in [2.24, 2.45) is 5.10 Å². The summed E-state index contributed by atoms with van der Waals surface area (Å²) in [7, 11) is 0. The first-order chi connectivity index (χ1) is 18.3. The molecular formula is C27H25F3N4O3S. The lowest BCUT2D eigenvalue weighted by Gasteiger charge is -2.12. The number of aromatic nitrogens is 1. The molecule has 0 aliphatic rings. The highest BCUT2D eigenvalue weighted by molar-refractivity contribution is 7.13. The Morgan fingerprint density at radius 2 is 1.87 bits per heavy atom. The van der Waals surface area contributed by atoms with Crippen molar-refractivity contribution in [3.63, 3.8) is 0 Å². The zero-order valence-corrected chi connectivity index (χ0v) is 21.4. The second kappa shape index (κ2) is 12.0. The van der Waals surface area contributed by atoms with Gasteiger partial charge >= 0.3 is 6.18 Å². The predicted molar refractivity (Wildman–Crippen MR) is 143 cm³/mol. The van der Waals surface area contributed by atoms with Gasteiger partial charge in [-0.2, -0.15) is 18.3 Å². The summed E-state index contributed by atoms with van der Waals surface area (Å²) >= 11 is 1.18. The monoisotopic (exact) mass is 542 g/mol. The molecule has 0 saturated heterocycles. The fraction of sp³-hybridized carbons (Fsp3) is 0.222. The van der Waals surface area contributed by atoms with E-state index in [0.29, 0.717) is 41.1 Å². The number of hydrogen-bond acceptors (Lipinski definition) is 7. The Bertz CT molecular complexity index is 1450. The van der Waals surface area contributed by atoms with Crippen molar-refractivity contribution < 1.29 is 27.4 Å². The number of hydrogen-bond donors (Lipinski definition) is 2. The molecule has 0 atom stereocenters. The van der Waals surface area contributed by atoms with Gasteiger partial charge < -0.3 is 14.8 Å². The number of carbonyl (C=O) groups is 1. The molecule has 38 heavy (non-hydrogen) atoms. The number of hydrazone groups is 1. The van der Waals surface area contributed by atoms with Crippen molar-refractivity contribution in [3.05, 3.63) is 76.8 Å². The Morgan fingerprint density at radius 1 is 1.08 bits per heavy atom. The van der Waals surface area contributed by atoms with Crippen LogP contribution in [0.1, 0.15) is 30.7 Å². The van der Waals surface area contributed by atoms with E-state index in [1.165, 1.54) is 29.7 Å². The van der Waals surface area contributed by atoms with Crippen molar-refractivity contribution in [2.75, 3.05) is 18.5 Å². The van der Waals surface area contributed by atoms with Crippen LogP contribution in [0, 0.1) is 0 Å². The number of nitrogens with zero attached hydrogens (tertiary/aromatic N) is 2. The van der Waals surface area contributed by atoms with Gasteiger partial charge in [0.2, 0.25) is 5.91 Å². The van der Waals surface area contributed by atoms with Gasteiger partial charge in [0.1, 0.15) is 11.5 Å². The van der Waals surface area contributed by atoms with Gasteiger partial charge in [0.25, 0.3) is 0 Å². The van der Waals surface area contributed by atoms with Gasteiger partial charge in [-0.15, -0.1) is 11.3 Å². The van der Waals surface area contributed by atoms with Gasteiger partial charge in [-0.25, -0.2) is 10.4 Å². The molecule has 2 N–H and O–H groups in total. The standard InChI is InChI=1S/C27H25F3N4O3S/c1-3-36-21-10-8-17-9-11-24(37-4-2)23(22(17)14-21)15-31-34-25(35)13-20-16-38-26(33-20)32-19-7-5-6-18(12-19)27(28,29)30/h5-12,14-16H,3-4,13H2,1-2H3,(H,32,33)(H,34,35)/b31-15+. The van der Waals surface area contributed by atoms with Crippen LogP contribution >= 0.6 is 11.3 Å². The van der Waals surface area contributed by atoms with E-state index in [9.17, 15) is 18.0 Å². The van der Waals surface area contributed by atoms with Crippen LogP contribution in [0.3, 0.4) is 0 Å². The van der Waals surface area contributed by atoms with Gasteiger partial charge in [-0.3, -0.25) is 4.79 Å². The molecule has 7 nitrogen and oxygen atoms in total. The summed E-state index contributed by atoms with van der Waals surface area (Å²) in [5.74, 6) is 0.937. The largest absolute Gasteiger partial charge is 0.494 e. The normalized spacial score (nSPS) is 11.6. The number of halogens is 3.